The van der Waals surface area contributed by atoms with Crippen molar-refractivity contribution in [3.8, 4) is 0 Å². The van der Waals surface area contributed by atoms with E-state index in [2.05, 4.69) is 17.4 Å². The molecule has 2 aliphatic heterocycles. The fraction of sp³-hybridized carbons (Fsp3) is 0.533. The van der Waals surface area contributed by atoms with Crippen molar-refractivity contribution in [2.45, 2.75) is 60.0 Å². The zero-order valence-electron chi connectivity index (χ0n) is 24.9. The Morgan fingerprint density at radius 3 is 2.52 bits per heavy atom. The summed E-state index contributed by atoms with van der Waals surface area (Å²) >= 11 is 0. The van der Waals surface area contributed by atoms with Crippen LogP contribution in [0.15, 0.2) is 71.5 Å². The quantitative estimate of drug-likeness (QED) is 0.321. The van der Waals surface area contributed by atoms with Gasteiger partial charge in [-0.15, -0.1) is 0 Å². The Kier molecular flexibility index (Phi) is 12.0. The van der Waals surface area contributed by atoms with E-state index in [0.717, 1.165) is 35.8 Å². The Morgan fingerprint density at radius 1 is 1.27 bits per heavy atom. The molecule has 2 rings (SSSR count). The summed E-state index contributed by atoms with van der Waals surface area (Å²) in [5, 5.41) is 2.94. The maximum Gasteiger partial charge on any atom is 0.429 e. The van der Waals surface area contributed by atoms with Gasteiger partial charge in [0, 0.05) is 37.4 Å². The van der Waals surface area contributed by atoms with Gasteiger partial charge in [0.2, 0.25) is 10.0 Å². The smallest absolute Gasteiger partial charge is 0.429 e. The van der Waals surface area contributed by atoms with Crippen LogP contribution >= 0.6 is 0 Å². The third kappa shape index (κ3) is 12.0. The first kappa shape index (κ1) is 33.1. The molecule has 1 N–H and O–H groups in total. The number of ether oxygens (including phenoxy) is 2. The summed E-state index contributed by atoms with van der Waals surface area (Å²) in [7, 11) is -3.39. The van der Waals surface area contributed by atoms with Crippen LogP contribution in [0.4, 0.5) is 4.79 Å². The lowest BCUT2D eigenvalue weighted by molar-refractivity contribution is -0.143. The molecule has 40 heavy (non-hydrogen) atoms. The van der Waals surface area contributed by atoms with Crippen molar-refractivity contribution < 1.29 is 27.5 Å². The van der Waals surface area contributed by atoms with Crippen molar-refractivity contribution in [1.82, 2.24) is 14.7 Å². The van der Waals surface area contributed by atoms with E-state index in [4.69, 9.17) is 9.47 Å². The highest BCUT2D eigenvalue weighted by molar-refractivity contribution is 7.88. The van der Waals surface area contributed by atoms with Crippen LogP contribution < -0.4 is 4.72 Å². The molecule has 2 aliphatic rings. The van der Waals surface area contributed by atoms with Gasteiger partial charge in [-0.2, -0.15) is 0 Å². The largest absolute Gasteiger partial charge is 0.442 e. The van der Waals surface area contributed by atoms with Gasteiger partial charge in [-0.05, 0) is 72.0 Å². The van der Waals surface area contributed by atoms with Gasteiger partial charge in [0.15, 0.2) is 0 Å². The van der Waals surface area contributed by atoms with Crippen molar-refractivity contribution in [2.75, 3.05) is 32.6 Å². The lowest BCUT2D eigenvalue weighted by atomic mass is 9.95. The fourth-order valence-corrected chi connectivity index (χ4v) is 4.79. The van der Waals surface area contributed by atoms with Gasteiger partial charge in [-0.3, -0.25) is 9.52 Å². The number of hydrogen-bond donors (Lipinski definition) is 1. The van der Waals surface area contributed by atoms with Crippen LogP contribution in [0.25, 0.3) is 0 Å². The maximum absolute atomic E-state index is 13.5. The van der Waals surface area contributed by atoms with Crippen LogP contribution in [0.1, 0.15) is 54.4 Å². The number of carbonyl (C=O) groups excluding carboxylic acids is 2. The number of allylic oxidation sites excluding steroid dienone is 8. The molecule has 1 fully saturated rings. The van der Waals surface area contributed by atoms with Gasteiger partial charge in [0.1, 0.15) is 5.60 Å². The number of hydrogen-bond acceptors (Lipinski definition) is 6. The molecule has 0 spiro atoms. The van der Waals surface area contributed by atoms with E-state index in [1.54, 1.807) is 12.2 Å². The predicted octanol–water partition coefficient (Wildman–Crippen LogP) is 5.04. The highest BCUT2D eigenvalue weighted by Crippen LogP contribution is 2.23. The van der Waals surface area contributed by atoms with E-state index in [1.165, 1.54) is 16.1 Å². The monoisotopic (exact) mass is 575 g/mol. The van der Waals surface area contributed by atoms with Gasteiger partial charge in [0.25, 0.3) is 5.91 Å². The Bertz CT molecular complexity index is 1200. The second-order valence-electron chi connectivity index (χ2n) is 11.5. The number of carbonyl (C=O) groups is 2. The molecule has 0 aromatic heterocycles. The van der Waals surface area contributed by atoms with E-state index in [1.807, 2.05) is 59.8 Å². The van der Waals surface area contributed by atoms with Crippen LogP contribution in [0.2, 0.25) is 0 Å². The number of hydrazine groups is 1. The third-order valence-corrected chi connectivity index (χ3v) is 6.83. The van der Waals surface area contributed by atoms with Crippen LogP contribution in [-0.2, 0) is 24.3 Å². The zero-order chi connectivity index (χ0) is 30.1. The molecule has 1 unspecified atom stereocenters. The molecule has 1 saturated heterocycles. The lowest BCUT2D eigenvalue weighted by Gasteiger charge is -2.38. The topological polar surface area (TPSA) is 105 Å². The summed E-state index contributed by atoms with van der Waals surface area (Å²) in [6, 6.07) is 0. The lowest BCUT2D eigenvalue weighted by Crippen LogP contribution is -2.53. The molecule has 222 valence electrons. The highest BCUT2D eigenvalue weighted by atomic mass is 32.2. The molecule has 0 bridgehead atoms. The molecule has 0 radical (unpaired) electrons. The normalized spacial score (nSPS) is 22.8. The minimum atomic E-state index is -3.39. The van der Waals surface area contributed by atoms with Gasteiger partial charge in [-0.1, -0.05) is 48.1 Å². The first-order chi connectivity index (χ1) is 18.5. The Labute approximate surface area is 240 Å². The summed E-state index contributed by atoms with van der Waals surface area (Å²) in [4.78, 5) is 26.9. The van der Waals surface area contributed by atoms with E-state index in [9.17, 15) is 18.0 Å². The van der Waals surface area contributed by atoms with Crippen molar-refractivity contribution in [3.05, 3.63) is 71.5 Å². The number of nitrogens with one attached hydrogen (secondary N) is 1. The van der Waals surface area contributed by atoms with Crippen LogP contribution in [0.3, 0.4) is 0 Å². The summed E-state index contributed by atoms with van der Waals surface area (Å²) in [5.41, 5.74) is 2.19. The third-order valence-electron chi connectivity index (χ3n) is 6.20. The fourth-order valence-electron chi connectivity index (χ4n) is 4.25. The SMILES string of the molecule is C=C(/C=C\C=C(/C)C1C=C/C(C)=C/C(=O)N(N(CC2CCOCC2)C(=O)OC(C)(C)C)C/C(C)=C/1)NS(C)(=O)=O. The number of amides is 2. The van der Waals surface area contributed by atoms with Crippen LogP contribution in [0, 0.1) is 11.8 Å². The predicted molar refractivity (Wildman–Crippen MR) is 158 cm³/mol. The van der Waals surface area contributed by atoms with Gasteiger partial charge < -0.3 is 9.47 Å². The molecule has 2 amide bonds. The minimum absolute atomic E-state index is 0.0929. The van der Waals surface area contributed by atoms with E-state index in [-0.39, 0.29) is 30.0 Å². The molecule has 9 nitrogen and oxygen atoms in total. The summed E-state index contributed by atoms with van der Waals surface area (Å²) in [6.45, 7) is 16.7. The van der Waals surface area contributed by atoms with Gasteiger partial charge >= 0.3 is 6.09 Å². The maximum atomic E-state index is 13.5. The van der Waals surface area contributed by atoms with Crippen molar-refractivity contribution >= 4 is 22.0 Å². The van der Waals surface area contributed by atoms with E-state index < -0.39 is 21.7 Å². The van der Waals surface area contributed by atoms with Crippen molar-refractivity contribution in [2.24, 2.45) is 11.8 Å². The Morgan fingerprint density at radius 2 is 1.93 bits per heavy atom. The highest BCUT2D eigenvalue weighted by Gasteiger charge is 2.32. The van der Waals surface area contributed by atoms with Gasteiger partial charge in [-0.25, -0.2) is 23.2 Å². The Hall–Kier alpha value is -3.11. The first-order valence-corrected chi connectivity index (χ1v) is 15.4. The standard InChI is InChI=1S/C30H45N3O6S/c1-22-12-13-27(24(3)10-9-11-25(4)31-40(8,36)37)18-23(2)20-32(28(34)19-22)33(29(35)39-30(5,6)7)21-26-14-16-38-17-15-26/h9-13,18-19,26-27,31H,4,14-17,20-21H2,1-3,5-8H3/b11-9-,13-12?,22-19+,23-18+,24-10+. The molecule has 10 heteroatoms. The zero-order valence-corrected chi connectivity index (χ0v) is 25.7. The first-order valence-electron chi connectivity index (χ1n) is 13.5. The van der Waals surface area contributed by atoms with E-state index >= 15 is 0 Å². The second kappa shape index (κ2) is 14.5. The molecular formula is C30H45N3O6S. The number of sulfonamides is 1. The van der Waals surface area contributed by atoms with E-state index in [0.29, 0.717) is 19.8 Å². The average molecular weight is 576 g/mol. The van der Waals surface area contributed by atoms with Crippen LogP contribution in [0.5, 0.6) is 0 Å². The summed E-state index contributed by atoms with van der Waals surface area (Å²) < 4.78 is 36.3. The summed E-state index contributed by atoms with van der Waals surface area (Å²) in [6.07, 6.45) is 14.8. The summed E-state index contributed by atoms with van der Waals surface area (Å²) in [5.74, 6) is -0.196. The molecule has 0 saturated carbocycles. The van der Waals surface area contributed by atoms with Crippen molar-refractivity contribution in [3.63, 3.8) is 0 Å². The molecule has 0 aromatic carbocycles. The average Bonchev–Trinajstić information content (AvgIpc) is 2.81. The molecule has 1 atom stereocenters. The second-order valence-corrected chi connectivity index (χ2v) is 13.2. The minimum Gasteiger partial charge on any atom is -0.442 e. The Balaban J connectivity index is 2.39. The molecule has 0 aliphatic carbocycles. The van der Waals surface area contributed by atoms with Crippen molar-refractivity contribution in [1.29, 1.82) is 0 Å². The van der Waals surface area contributed by atoms with Crippen LogP contribution in [-0.4, -0.2) is 68.6 Å². The molecule has 2 heterocycles. The number of rotatable bonds is 8. The molecular weight excluding hydrogens is 530 g/mol. The molecule has 0 aromatic rings. The van der Waals surface area contributed by atoms with Gasteiger partial charge in [0.05, 0.1) is 12.8 Å². The number of nitrogens with zero attached hydrogens (tertiary/aromatic N) is 2.